The molecule has 0 spiro atoms. The Morgan fingerprint density at radius 2 is 1.90 bits per heavy atom. The highest BCUT2D eigenvalue weighted by atomic mass is 16.2. The average molecular weight is 265 g/mol. The molecule has 0 bridgehead atoms. The Kier molecular flexibility index (Phi) is 4.94. The van der Waals surface area contributed by atoms with Crippen molar-refractivity contribution in [1.29, 1.82) is 0 Å². The summed E-state index contributed by atoms with van der Waals surface area (Å²) in [5, 5.41) is 11.5. The van der Waals surface area contributed by atoms with Gasteiger partial charge in [0.2, 0.25) is 5.91 Å². The number of aliphatic hydroxyl groups is 1. The molecule has 2 aromatic rings. The molecule has 0 aliphatic carbocycles. The first-order chi connectivity index (χ1) is 9.78. The fourth-order valence-corrected chi connectivity index (χ4v) is 1.80. The number of amides is 1. The van der Waals surface area contributed by atoms with Gasteiger partial charge in [0.15, 0.2) is 0 Å². The van der Waals surface area contributed by atoms with Crippen LogP contribution in [0.1, 0.15) is 11.1 Å². The van der Waals surface area contributed by atoms with Gasteiger partial charge in [-0.3, -0.25) is 4.79 Å². The number of carbonyl (C=O) groups is 1. The molecule has 2 rings (SSSR count). The monoisotopic (exact) mass is 265 g/mol. The van der Waals surface area contributed by atoms with E-state index >= 15 is 0 Å². The average Bonchev–Trinajstić information content (AvgIpc) is 2.46. The number of rotatable bonds is 3. The van der Waals surface area contributed by atoms with Crippen LogP contribution in [0.25, 0.3) is 0 Å². The number of aliphatic hydroxyl groups excluding tert-OH is 1. The van der Waals surface area contributed by atoms with Crippen molar-refractivity contribution in [1.82, 2.24) is 0 Å². The van der Waals surface area contributed by atoms with E-state index < -0.39 is 0 Å². The molecule has 0 fully saturated rings. The number of carbonyl (C=O) groups excluding carboxylic acids is 1. The van der Waals surface area contributed by atoms with E-state index in [1.165, 1.54) is 0 Å². The molecular formula is C17H15NO2. The molecule has 20 heavy (non-hydrogen) atoms. The van der Waals surface area contributed by atoms with Crippen LogP contribution in [0.15, 0.2) is 54.6 Å². The smallest absolute Gasteiger partial charge is 0.228 e. The van der Waals surface area contributed by atoms with E-state index in [0.29, 0.717) is 12.1 Å². The molecule has 0 atom stereocenters. The van der Waals surface area contributed by atoms with Gasteiger partial charge in [0.25, 0.3) is 0 Å². The van der Waals surface area contributed by atoms with Crippen LogP contribution >= 0.6 is 0 Å². The fraction of sp³-hybridized carbons (Fsp3) is 0.118. The van der Waals surface area contributed by atoms with Crippen molar-refractivity contribution < 1.29 is 9.90 Å². The minimum absolute atomic E-state index is 0.0662. The lowest BCUT2D eigenvalue weighted by atomic mass is 10.1. The summed E-state index contributed by atoms with van der Waals surface area (Å²) in [6.07, 6.45) is 0.341. The Morgan fingerprint density at radius 1 is 1.10 bits per heavy atom. The third kappa shape index (κ3) is 4.27. The molecule has 0 saturated carbocycles. The van der Waals surface area contributed by atoms with Gasteiger partial charge >= 0.3 is 0 Å². The topological polar surface area (TPSA) is 49.3 Å². The molecule has 0 aromatic heterocycles. The van der Waals surface area contributed by atoms with Gasteiger partial charge in [-0.1, -0.05) is 48.2 Å². The Morgan fingerprint density at radius 3 is 2.65 bits per heavy atom. The molecule has 1 amide bonds. The van der Waals surface area contributed by atoms with Gasteiger partial charge in [0.1, 0.15) is 6.61 Å². The predicted molar refractivity (Wildman–Crippen MR) is 79.2 cm³/mol. The third-order valence-electron chi connectivity index (χ3n) is 2.67. The molecule has 0 radical (unpaired) electrons. The molecule has 3 heteroatoms. The van der Waals surface area contributed by atoms with E-state index in [1.54, 1.807) is 6.07 Å². The predicted octanol–water partition coefficient (Wildman–Crippen LogP) is 2.21. The van der Waals surface area contributed by atoms with Crippen molar-refractivity contribution in [3.8, 4) is 11.8 Å². The molecule has 3 nitrogen and oxygen atoms in total. The van der Waals surface area contributed by atoms with Crippen molar-refractivity contribution in [3.05, 3.63) is 65.7 Å². The Balaban J connectivity index is 2.01. The van der Waals surface area contributed by atoms with Crippen LogP contribution in [-0.2, 0) is 11.2 Å². The molecule has 2 N–H and O–H groups in total. The van der Waals surface area contributed by atoms with Gasteiger partial charge in [-0.2, -0.15) is 0 Å². The van der Waals surface area contributed by atoms with Crippen LogP contribution in [0.2, 0.25) is 0 Å². The highest BCUT2D eigenvalue weighted by Gasteiger charge is 2.03. The maximum absolute atomic E-state index is 11.9. The zero-order valence-electron chi connectivity index (χ0n) is 11.0. The van der Waals surface area contributed by atoms with Gasteiger partial charge in [0, 0.05) is 11.3 Å². The van der Waals surface area contributed by atoms with Crippen LogP contribution < -0.4 is 5.32 Å². The van der Waals surface area contributed by atoms with Gasteiger partial charge < -0.3 is 10.4 Å². The number of hydrogen-bond donors (Lipinski definition) is 2. The summed E-state index contributed by atoms with van der Waals surface area (Å²) in [6.45, 7) is -0.176. The lowest BCUT2D eigenvalue weighted by Crippen LogP contribution is -2.14. The minimum atomic E-state index is -0.176. The zero-order valence-corrected chi connectivity index (χ0v) is 11.0. The highest BCUT2D eigenvalue weighted by molar-refractivity contribution is 5.92. The first kappa shape index (κ1) is 13.9. The van der Waals surface area contributed by atoms with Crippen LogP contribution in [0, 0.1) is 11.8 Å². The maximum Gasteiger partial charge on any atom is 0.228 e. The standard InChI is InChI=1S/C17H15NO2/c19-11-5-9-14-8-4-10-16(12-14)18-17(20)13-15-6-2-1-3-7-15/h1-4,6-8,10,12,19H,11,13H2,(H,18,20). The minimum Gasteiger partial charge on any atom is -0.384 e. The SMILES string of the molecule is O=C(Cc1ccccc1)Nc1cccc(C#CCO)c1. The van der Waals surface area contributed by atoms with E-state index in [-0.39, 0.29) is 12.5 Å². The van der Waals surface area contributed by atoms with Crippen LogP contribution in [0.3, 0.4) is 0 Å². The van der Waals surface area contributed by atoms with Crippen LogP contribution in [0.4, 0.5) is 5.69 Å². The van der Waals surface area contributed by atoms with Crippen LogP contribution in [-0.4, -0.2) is 17.6 Å². The summed E-state index contributed by atoms with van der Waals surface area (Å²) in [5.41, 5.74) is 2.44. The first-order valence-corrected chi connectivity index (χ1v) is 6.31. The van der Waals surface area contributed by atoms with E-state index in [1.807, 2.05) is 48.5 Å². The van der Waals surface area contributed by atoms with Crippen molar-refractivity contribution in [3.63, 3.8) is 0 Å². The third-order valence-corrected chi connectivity index (χ3v) is 2.67. The molecule has 0 aliphatic heterocycles. The lowest BCUT2D eigenvalue weighted by Gasteiger charge is -2.05. The first-order valence-electron chi connectivity index (χ1n) is 6.31. The van der Waals surface area contributed by atoms with Crippen molar-refractivity contribution in [2.45, 2.75) is 6.42 Å². The van der Waals surface area contributed by atoms with Gasteiger partial charge in [-0.05, 0) is 23.8 Å². The molecule has 0 aliphatic rings. The van der Waals surface area contributed by atoms with Crippen molar-refractivity contribution in [2.24, 2.45) is 0 Å². The molecule has 2 aromatic carbocycles. The van der Waals surface area contributed by atoms with Crippen LogP contribution in [0.5, 0.6) is 0 Å². The molecule has 0 heterocycles. The van der Waals surface area contributed by atoms with E-state index in [0.717, 1.165) is 11.1 Å². The normalized spacial score (nSPS) is 9.45. The lowest BCUT2D eigenvalue weighted by molar-refractivity contribution is -0.115. The Bertz CT molecular complexity index is 639. The van der Waals surface area contributed by atoms with Gasteiger partial charge in [-0.25, -0.2) is 0 Å². The second-order valence-electron chi connectivity index (χ2n) is 4.25. The summed E-state index contributed by atoms with van der Waals surface area (Å²) >= 11 is 0. The van der Waals surface area contributed by atoms with Gasteiger partial charge in [0.05, 0.1) is 6.42 Å². The second kappa shape index (κ2) is 7.13. The summed E-state index contributed by atoms with van der Waals surface area (Å²) < 4.78 is 0. The highest BCUT2D eigenvalue weighted by Crippen LogP contribution is 2.10. The number of benzene rings is 2. The maximum atomic E-state index is 11.9. The number of anilines is 1. The van der Waals surface area contributed by atoms with Crippen molar-refractivity contribution >= 4 is 11.6 Å². The van der Waals surface area contributed by atoms with Gasteiger partial charge in [-0.15, -0.1) is 0 Å². The zero-order chi connectivity index (χ0) is 14.2. The molecule has 0 unspecified atom stereocenters. The van der Waals surface area contributed by atoms with E-state index in [4.69, 9.17) is 5.11 Å². The summed E-state index contributed by atoms with van der Waals surface area (Å²) in [6, 6.07) is 16.8. The Hall–Kier alpha value is -2.57. The van der Waals surface area contributed by atoms with E-state index in [2.05, 4.69) is 17.2 Å². The quantitative estimate of drug-likeness (QED) is 0.836. The Labute approximate surface area is 118 Å². The molecular weight excluding hydrogens is 250 g/mol. The summed E-state index contributed by atoms with van der Waals surface area (Å²) in [4.78, 5) is 11.9. The summed E-state index contributed by atoms with van der Waals surface area (Å²) in [5.74, 6) is 5.32. The summed E-state index contributed by atoms with van der Waals surface area (Å²) in [7, 11) is 0. The van der Waals surface area contributed by atoms with E-state index in [9.17, 15) is 4.79 Å². The fourth-order valence-electron chi connectivity index (χ4n) is 1.80. The second-order valence-corrected chi connectivity index (χ2v) is 4.25. The molecule has 0 saturated heterocycles. The largest absolute Gasteiger partial charge is 0.384 e. The van der Waals surface area contributed by atoms with Crippen molar-refractivity contribution in [2.75, 3.05) is 11.9 Å². The number of hydrogen-bond acceptors (Lipinski definition) is 2. The molecule has 100 valence electrons. The number of nitrogens with one attached hydrogen (secondary N) is 1.